The van der Waals surface area contributed by atoms with Crippen molar-refractivity contribution in [3.63, 3.8) is 0 Å². The predicted octanol–water partition coefficient (Wildman–Crippen LogP) is 4.62. The Morgan fingerprint density at radius 2 is 1.08 bits per heavy atom. The normalized spacial score (nSPS) is 11.2. The number of methoxy groups -OCH3 is 1. The summed E-state index contributed by atoms with van der Waals surface area (Å²) in [5, 5.41) is 0. The predicted molar refractivity (Wildman–Crippen MR) is 199 cm³/mol. The fourth-order valence-corrected chi connectivity index (χ4v) is 5.76. The molecule has 0 unspecified atom stereocenters. The summed E-state index contributed by atoms with van der Waals surface area (Å²) in [6.45, 7) is 4.87. The fraction of sp³-hybridized carbons (Fsp3) is 0.282. The van der Waals surface area contributed by atoms with Crippen LogP contribution in [0.3, 0.4) is 0 Å². The van der Waals surface area contributed by atoms with Gasteiger partial charge >= 0.3 is 11.9 Å². The van der Waals surface area contributed by atoms with Crippen molar-refractivity contribution < 1.29 is 19.1 Å². The Morgan fingerprint density at radius 1 is 0.627 bits per heavy atom. The lowest BCUT2D eigenvalue weighted by molar-refractivity contribution is 0.0526. The van der Waals surface area contributed by atoms with Crippen LogP contribution >= 0.6 is 0 Å². The highest BCUT2D eigenvalue weighted by molar-refractivity contribution is 5.99. The summed E-state index contributed by atoms with van der Waals surface area (Å²) in [4.78, 5) is 53.6. The number of hydrogen-bond acceptors (Lipinski definition) is 8. The van der Waals surface area contributed by atoms with Gasteiger partial charge in [0.25, 0.3) is 11.1 Å². The second-order valence-electron chi connectivity index (χ2n) is 12.5. The van der Waals surface area contributed by atoms with Crippen molar-refractivity contribution in [3.05, 3.63) is 129 Å². The molecule has 0 spiro atoms. The number of esters is 2. The Hall–Kier alpha value is -5.72. The van der Waals surface area contributed by atoms with Crippen molar-refractivity contribution in [3.8, 4) is 22.5 Å². The third kappa shape index (κ3) is 8.36. The lowest BCUT2D eigenvalue weighted by Crippen LogP contribution is -2.25. The van der Waals surface area contributed by atoms with Crippen LogP contribution in [-0.4, -0.2) is 94.7 Å². The molecule has 6 rings (SSSR count). The van der Waals surface area contributed by atoms with Crippen LogP contribution < -0.4 is 11.1 Å². The van der Waals surface area contributed by atoms with Crippen LogP contribution in [0.1, 0.15) is 27.6 Å². The minimum Gasteiger partial charge on any atom is -0.465 e. The van der Waals surface area contributed by atoms with Crippen molar-refractivity contribution in [2.24, 2.45) is 0 Å². The number of ether oxygens (including phenoxy) is 2. The molecule has 6 aromatic heterocycles. The lowest BCUT2D eigenvalue weighted by atomic mass is 10.1. The van der Waals surface area contributed by atoms with Gasteiger partial charge in [0.15, 0.2) is 0 Å². The van der Waals surface area contributed by atoms with Crippen LogP contribution in [0.5, 0.6) is 0 Å². The molecule has 6 heterocycles. The Kier molecular flexibility index (Phi) is 11.7. The highest BCUT2D eigenvalue weighted by atomic mass is 16.5. The van der Waals surface area contributed by atoms with Crippen LogP contribution in [0.2, 0.25) is 0 Å². The lowest BCUT2D eigenvalue weighted by Gasteiger charge is -2.12. The van der Waals surface area contributed by atoms with E-state index in [-0.39, 0.29) is 17.1 Å². The van der Waals surface area contributed by atoms with E-state index in [1.165, 1.54) is 7.11 Å². The Balaban J connectivity index is 0.000000198. The molecule has 0 radical (unpaired) electrons. The molecule has 6 aromatic rings. The summed E-state index contributed by atoms with van der Waals surface area (Å²) in [5.41, 5.74) is 5.20. The number of pyridine rings is 4. The van der Waals surface area contributed by atoms with Crippen molar-refractivity contribution in [1.82, 2.24) is 27.7 Å². The van der Waals surface area contributed by atoms with Crippen LogP contribution in [0.15, 0.2) is 107 Å². The molecule has 0 atom stereocenters. The molecule has 0 bridgehead atoms. The van der Waals surface area contributed by atoms with Gasteiger partial charge in [0, 0.05) is 85.3 Å². The standard InChI is InChI=1S/C20H23N3O3.C19H21N3O3/c1-4-26-20(25)17-14-16-7-5-6-9-23(16)19(17)15-8-10-22(18(24)13-15)12-11-21(2)3;1-20(2)10-11-21-9-7-14(12-17(21)23)18-16(19(24)25-3)13-15-6-4-5-8-22(15)18/h5-10,13-14H,4,11-12H2,1-3H3;4-9,12-13H,10-11H2,1-3H3. The van der Waals surface area contributed by atoms with Crippen LogP contribution in [0.25, 0.3) is 33.5 Å². The first-order valence-corrected chi connectivity index (χ1v) is 16.7. The van der Waals surface area contributed by atoms with Crippen LogP contribution in [0.4, 0.5) is 0 Å². The molecule has 0 saturated carbocycles. The maximum atomic E-state index is 12.5. The first kappa shape index (κ1) is 36.6. The Bertz CT molecular complexity index is 2280. The minimum atomic E-state index is -0.421. The molecule has 0 aliphatic heterocycles. The summed E-state index contributed by atoms with van der Waals surface area (Å²) in [6, 6.07) is 21.9. The molecule has 0 amide bonds. The molecular formula is C39H44N6O6. The molecule has 0 saturated heterocycles. The van der Waals surface area contributed by atoms with E-state index in [0.29, 0.717) is 53.3 Å². The number of hydrogen-bond donors (Lipinski definition) is 0. The largest absolute Gasteiger partial charge is 0.465 e. The quantitative estimate of drug-likeness (QED) is 0.181. The number of nitrogens with zero attached hydrogens (tertiary/aromatic N) is 6. The first-order valence-electron chi connectivity index (χ1n) is 16.7. The number of aromatic nitrogens is 4. The molecule has 266 valence electrons. The first-order chi connectivity index (χ1) is 24.5. The fourth-order valence-electron chi connectivity index (χ4n) is 5.76. The molecule has 0 N–H and O–H groups in total. The maximum absolute atomic E-state index is 12.5. The summed E-state index contributed by atoms with van der Waals surface area (Å²) < 4.78 is 17.2. The summed E-state index contributed by atoms with van der Waals surface area (Å²) in [5.74, 6) is -0.807. The molecule has 51 heavy (non-hydrogen) atoms. The summed E-state index contributed by atoms with van der Waals surface area (Å²) in [7, 11) is 9.23. The zero-order valence-electron chi connectivity index (χ0n) is 29.9. The van der Waals surface area contributed by atoms with E-state index >= 15 is 0 Å². The minimum absolute atomic E-state index is 0.0926. The highest BCUT2D eigenvalue weighted by Gasteiger charge is 2.21. The van der Waals surface area contributed by atoms with Gasteiger partial charge in [-0.25, -0.2) is 9.59 Å². The summed E-state index contributed by atoms with van der Waals surface area (Å²) >= 11 is 0. The molecule has 12 nitrogen and oxygen atoms in total. The van der Waals surface area contributed by atoms with Crippen LogP contribution in [-0.2, 0) is 22.6 Å². The van der Waals surface area contributed by atoms with Gasteiger partial charge in [-0.15, -0.1) is 0 Å². The second-order valence-corrected chi connectivity index (χ2v) is 12.5. The molecule has 12 heteroatoms. The van der Waals surface area contributed by atoms with Gasteiger partial charge in [-0.2, -0.15) is 0 Å². The number of carbonyl (C=O) groups excluding carboxylic acids is 2. The smallest absolute Gasteiger partial charge is 0.340 e. The Morgan fingerprint density at radius 3 is 1.47 bits per heavy atom. The molecule has 0 fully saturated rings. The monoisotopic (exact) mass is 692 g/mol. The summed E-state index contributed by atoms with van der Waals surface area (Å²) in [6.07, 6.45) is 7.29. The SMILES string of the molecule is CCOC(=O)c1cc2ccccn2c1-c1ccn(CCN(C)C)c(=O)c1.COC(=O)c1cc2ccccn2c1-c1ccn(CCN(C)C)c(=O)c1. The number of likely N-dealkylation sites (N-methyl/N-ethyl adjacent to an activating group) is 2. The van der Waals surface area contributed by atoms with Crippen molar-refractivity contribution >= 4 is 23.0 Å². The molecule has 0 aromatic carbocycles. The van der Waals surface area contributed by atoms with Crippen molar-refractivity contribution in [2.45, 2.75) is 20.0 Å². The van der Waals surface area contributed by atoms with Gasteiger partial charge in [-0.05, 0) is 83.6 Å². The average molecular weight is 693 g/mol. The third-order valence-corrected chi connectivity index (χ3v) is 8.38. The van der Waals surface area contributed by atoms with Gasteiger partial charge in [0.1, 0.15) is 0 Å². The highest BCUT2D eigenvalue weighted by Crippen LogP contribution is 2.29. The zero-order chi connectivity index (χ0) is 36.7. The average Bonchev–Trinajstić information content (AvgIpc) is 3.70. The third-order valence-electron chi connectivity index (χ3n) is 8.38. The molecular weight excluding hydrogens is 648 g/mol. The van der Waals surface area contributed by atoms with Gasteiger partial charge in [0.2, 0.25) is 0 Å². The van der Waals surface area contributed by atoms with E-state index in [2.05, 4.69) is 0 Å². The van der Waals surface area contributed by atoms with Crippen molar-refractivity contribution in [1.29, 1.82) is 0 Å². The zero-order valence-corrected chi connectivity index (χ0v) is 29.9. The van der Waals surface area contributed by atoms with E-state index < -0.39 is 5.97 Å². The van der Waals surface area contributed by atoms with Gasteiger partial charge in [-0.3, -0.25) is 9.59 Å². The van der Waals surface area contributed by atoms with Gasteiger partial charge in [-0.1, -0.05) is 12.1 Å². The van der Waals surface area contributed by atoms with E-state index in [4.69, 9.17) is 9.47 Å². The van der Waals surface area contributed by atoms with E-state index in [1.807, 2.05) is 108 Å². The van der Waals surface area contributed by atoms with Crippen LogP contribution in [0, 0.1) is 0 Å². The number of rotatable bonds is 11. The molecule has 0 aliphatic rings. The maximum Gasteiger partial charge on any atom is 0.340 e. The second kappa shape index (κ2) is 16.3. The van der Waals surface area contributed by atoms with E-state index in [9.17, 15) is 19.2 Å². The number of carbonyl (C=O) groups is 2. The van der Waals surface area contributed by atoms with E-state index in [1.54, 1.807) is 52.7 Å². The number of fused-ring (bicyclic) bond motifs is 2. The van der Waals surface area contributed by atoms with E-state index in [0.717, 1.165) is 24.1 Å². The Labute approximate surface area is 296 Å². The van der Waals surface area contributed by atoms with Crippen molar-refractivity contribution in [2.75, 3.05) is 55.0 Å². The van der Waals surface area contributed by atoms with Gasteiger partial charge in [0.05, 0.1) is 36.2 Å². The van der Waals surface area contributed by atoms with Gasteiger partial charge < -0.3 is 37.2 Å². The topological polar surface area (TPSA) is 112 Å². The molecule has 0 aliphatic carbocycles.